The van der Waals surface area contributed by atoms with Crippen LogP contribution in [0.1, 0.15) is 33.6 Å². The van der Waals surface area contributed by atoms with Gasteiger partial charge < -0.3 is 4.90 Å². The van der Waals surface area contributed by atoms with Crippen LogP contribution < -0.4 is 5.43 Å². The molecule has 1 aliphatic heterocycles. The van der Waals surface area contributed by atoms with Gasteiger partial charge in [0.2, 0.25) is 5.91 Å². The first-order chi connectivity index (χ1) is 7.29. The van der Waals surface area contributed by atoms with Crippen LogP contribution in [0.15, 0.2) is 5.10 Å². The van der Waals surface area contributed by atoms with Crippen molar-refractivity contribution >= 4 is 17.5 Å². The van der Waals surface area contributed by atoms with E-state index in [-0.39, 0.29) is 17.2 Å². The van der Waals surface area contributed by atoms with Crippen LogP contribution in [0, 0.1) is 5.41 Å². The topological polar surface area (TPSA) is 61.8 Å². The lowest BCUT2D eigenvalue weighted by Crippen LogP contribution is -2.41. The van der Waals surface area contributed by atoms with Crippen molar-refractivity contribution in [3.63, 3.8) is 0 Å². The van der Waals surface area contributed by atoms with Crippen molar-refractivity contribution in [1.29, 1.82) is 0 Å². The Hall–Kier alpha value is -1.39. The minimum Gasteiger partial charge on any atom is -0.340 e. The summed E-state index contributed by atoms with van der Waals surface area (Å²) in [5, 5.41) is 3.79. The Morgan fingerprint density at radius 2 is 2.06 bits per heavy atom. The van der Waals surface area contributed by atoms with Gasteiger partial charge in [-0.15, -0.1) is 0 Å². The Balaban J connectivity index is 2.61. The lowest BCUT2D eigenvalue weighted by molar-refractivity contribution is -0.124. The lowest BCUT2D eigenvalue weighted by Gasteiger charge is -2.27. The summed E-state index contributed by atoms with van der Waals surface area (Å²) < 4.78 is 0. The number of nitrogens with one attached hydrogen (secondary N) is 1. The van der Waals surface area contributed by atoms with Gasteiger partial charge in [-0.05, 0) is 5.41 Å². The third kappa shape index (κ3) is 3.64. The molecule has 0 atom stereocenters. The standard InChI is InChI=1S/C11H19N3O2/c1-11(2,3)7-14(4)10(16)8-5-6-9(15)13-12-8/h5-7H2,1-4H3,(H,13,15). The van der Waals surface area contributed by atoms with Crippen molar-refractivity contribution in [2.24, 2.45) is 10.5 Å². The molecule has 1 heterocycles. The molecule has 0 unspecified atom stereocenters. The normalized spacial score (nSPS) is 16.5. The molecule has 2 amide bonds. The second-order valence-electron chi connectivity index (χ2n) is 5.32. The highest BCUT2D eigenvalue weighted by Gasteiger charge is 2.24. The van der Waals surface area contributed by atoms with E-state index in [0.717, 1.165) is 0 Å². The van der Waals surface area contributed by atoms with E-state index in [0.29, 0.717) is 25.1 Å². The molecule has 1 rings (SSSR count). The van der Waals surface area contributed by atoms with Gasteiger partial charge in [-0.3, -0.25) is 9.59 Å². The molecule has 1 aliphatic rings. The van der Waals surface area contributed by atoms with Crippen LogP contribution in [-0.4, -0.2) is 36.0 Å². The molecule has 0 aromatic carbocycles. The largest absolute Gasteiger partial charge is 0.340 e. The molecule has 0 fully saturated rings. The number of hydrazone groups is 1. The van der Waals surface area contributed by atoms with E-state index in [4.69, 9.17) is 0 Å². The molecule has 0 aromatic heterocycles. The van der Waals surface area contributed by atoms with Crippen molar-refractivity contribution in [3.8, 4) is 0 Å². The van der Waals surface area contributed by atoms with Gasteiger partial charge in [0.05, 0.1) is 0 Å². The fourth-order valence-corrected chi connectivity index (χ4v) is 1.63. The molecule has 90 valence electrons. The van der Waals surface area contributed by atoms with E-state index in [1.807, 2.05) is 0 Å². The molecule has 5 nitrogen and oxygen atoms in total. The summed E-state index contributed by atoms with van der Waals surface area (Å²) >= 11 is 0. The van der Waals surface area contributed by atoms with Crippen LogP contribution in [0.2, 0.25) is 0 Å². The average molecular weight is 225 g/mol. The molecule has 16 heavy (non-hydrogen) atoms. The number of hydrogen-bond donors (Lipinski definition) is 1. The SMILES string of the molecule is CN(CC(C)(C)C)C(=O)C1=NNC(=O)CC1. The van der Waals surface area contributed by atoms with E-state index in [2.05, 4.69) is 31.3 Å². The fraction of sp³-hybridized carbons (Fsp3) is 0.727. The Kier molecular flexibility index (Phi) is 3.67. The van der Waals surface area contributed by atoms with Crippen molar-refractivity contribution in [1.82, 2.24) is 10.3 Å². The van der Waals surface area contributed by atoms with Gasteiger partial charge in [0.15, 0.2) is 0 Å². The maximum Gasteiger partial charge on any atom is 0.269 e. The zero-order valence-electron chi connectivity index (χ0n) is 10.3. The van der Waals surface area contributed by atoms with Gasteiger partial charge in [-0.25, -0.2) is 5.43 Å². The van der Waals surface area contributed by atoms with Crippen molar-refractivity contribution < 1.29 is 9.59 Å². The van der Waals surface area contributed by atoms with Gasteiger partial charge in [-0.2, -0.15) is 5.10 Å². The lowest BCUT2D eigenvalue weighted by atomic mass is 9.96. The maximum atomic E-state index is 11.9. The molecule has 0 saturated carbocycles. The number of carbonyl (C=O) groups is 2. The number of amides is 2. The highest BCUT2D eigenvalue weighted by atomic mass is 16.2. The summed E-state index contributed by atoms with van der Waals surface area (Å²) in [4.78, 5) is 24.5. The van der Waals surface area contributed by atoms with E-state index < -0.39 is 0 Å². The Morgan fingerprint density at radius 3 is 2.50 bits per heavy atom. The third-order valence-electron chi connectivity index (χ3n) is 2.21. The second-order valence-corrected chi connectivity index (χ2v) is 5.32. The van der Waals surface area contributed by atoms with Crippen molar-refractivity contribution in [2.45, 2.75) is 33.6 Å². The minimum atomic E-state index is -0.130. The summed E-state index contributed by atoms with van der Waals surface area (Å²) in [6.07, 6.45) is 0.771. The third-order valence-corrected chi connectivity index (χ3v) is 2.21. The van der Waals surface area contributed by atoms with Gasteiger partial charge in [-0.1, -0.05) is 20.8 Å². The Labute approximate surface area is 95.9 Å². The van der Waals surface area contributed by atoms with Gasteiger partial charge in [0.25, 0.3) is 5.91 Å². The predicted octanol–water partition coefficient (Wildman–Crippen LogP) is 0.757. The predicted molar refractivity (Wildman–Crippen MR) is 61.9 cm³/mol. The number of rotatable bonds is 2. The zero-order chi connectivity index (χ0) is 12.3. The molecule has 0 radical (unpaired) electrons. The molecule has 0 spiro atoms. The monoisotopic (exact) mass is 225 g/mol. The molecule has 0 saturated heterocycles. The molecule has 5 heteroatoms. The molecule has 0 aliphatic carbocycles. The van der Waals surface area contributed by atoms with E-state index in [1.165, 1.54) is 0 Å². The van der Waals surface area contributed by atoms with E-state index >= 15 is 0 Å². The molecule has 0 aromatic rings. The first-order valence-electron chi connectivity index (χ1n) is 5.40. The van der Waals surface area contributed by atoms with Crippen LogP contribution in [-0.2, 0) is 9.59 Å². The molecule has 1 N–H and O–H groups in total. The van der Waals surface area contributed by atoms with Crippen molar-refractivity contribution in [2.75, 3.05) is 13.6 Å². The van der Waals surface area contributed by atoms with Crippen LogP contribution in [0.3, 0.4) is 0 Å². The van der Waals surface area contributed by atoms with Gasteiger partial charge >= 0.3 is 0 Å². The van der Waals surface area contributed by atoms with Gasteiger partial charge in [0, 0.05) is 26.4 Å². The molecular formula is C11H19N3O2. The minimum absolute atomic E-state index is 0.0584. The number of carbonyl (C=O) groups excluding carboxylic acids is 2. The van der Waals surface area contributed by atoms with E-state index in [9.17, 15) is 9.59 Å². The smallest absolute Gasteiger partial charge is 0.269 e. The summed E-state index contributed by atoms with van der Waals surface area (Å²) in [5.41, 5.74) is 2.83. The Bertz CT molecular complexity index is 329. The zero-order valence-corrected chi connectivity index (χ0v) is 10.3. The van der Waals surface area contributed by atoms with Crippen molar-refractivity contribution in [3.05, 3.63) is 0 Å². The Morgan fingerprint density at radius 1 is 1.44 bits per heavy atom. The van der Waals surface area contributed by atoms with Crippen LogP contribution in [0.5, 0.6) is 0 Å². The summed E-state index contributed by atoms with van der Waals surface area (Å²) in [6, 6.07) is 0. The fourth-order valence-electron chi connectivity index (χ4n) is 1.63. The number of hydrogen-bond acceptors (Lipinski definition) is 3. The van der Waals surface area contributed by atoms with Crippen LogP contribution in [0.4, 0.5) is 0 Å². The second kappa shape index (κ2) is 4.63. The first-order valence-corrected chi connectivity index (χ1v) is 5.40. The highest BCUT2D eigenvalue weighted by molar-refractivity contribution is 6.39. The maximum absolute atomic E-state index is 11.9. The summed E-state index contributed by atoms with van der Waals surface area (Å²) in [5.74, 6) is -0.232. The first kappa shape index (κ1) is 12.7. The molecule has 0 bridgehead atoms. The van der Waals surface area contributed by atoms with E-state index in [1.54, 1.807) is 11.9 Å². The summed E-state index contributed by atoms with van der Waals surface area (Å²) in [6.45, 7) is 6.88. The van der Waals surface area contributed by atoms with Crippen LogP contribution in [0.25, 0.3) is 0 Å². The highest BCUT2D eigenvalue weighted by Crippen LogP contribution is 2.15. The van der Waals surface area contributed by atoms with Gasteiger partial charge in [0.1, 0.15) is 5.71 Å². The summed E-state index contributed by atoms with van der Waals surface area (Å²) in [7, 11) is 1.76. The quantitative estimate of drug-likeness (QED) is 0.754. The molecular weight excluding hydrogens is 206 g/mol. The average Bonchev–Trinajstić information content (AvgIpc) is 2.15. The van der Waals surface area contributed by atoms with Crippen LogP contribution >= 0.6 is 0 Å². The number of nitrogens with zero attached hydrogens (tertiary/aromatic N) is 2.